The van der Waals surface area contributed by atoms with Gasteiger partial charge in [0.15, 0.2) is 0 Å². The highest BCUT2D eigenvalue weighted by molar-refractivity contribution is 5.83. The summed E-state index contributed by atoms with van der Waals surface area (Å²) in [7, 11) is 0. The van der Waals surface area contributed by atoms with E-state index in [4.69, 9.17) is 16.7 Å². The first-order valence-corrected chi connectivity index (χ1v) is 6.81. The second kappa shape index (κ2) is 7.94. The second-order valence-corrected chi connectivity index (χ2v) is 5.98. The fraction of sp³-hybridized carbons (Fsp3) is 0.769. The Kier molecular flexibility index (Phi) is 7.31. The molecule has 0 aliphatic carbocycles. The minimum absolute atomic E-state index is 0.271. The Bertz CT molecular complexity index is 381. The van der Waals surface area contributed by atoms with Crippen LogP contribution in [0.3, 0.4) is 0 Å². The molecule has 0 heterocycles. The van der Waals surface area contributed by atoms with Crippen molar-refractivity contribution in [3.8, 4) is 0 Å². The Morgan fingerprint density at radius 1 is 1.33 bits per heavy atom. The van der Waals surface area contributed by atoms with Crippen molar-refractivity contribution in [2.75, 3.05) is 6.54 Å². The standard InChI is InChI=1S/C13H26N4O4/c1-9(8-18)17(15)11(19)10(14)6-5-7-16(12(20)21)13(2,3)4/h8-10H,5-7,14-15H2,1-4H3,(H,20,21)/t9-,10-/m0/s1. The zero-order chi connectivity index (χ0) is 16.8. The average molecular weight is 302 g/mol. The van der Waals surface area contributed by atoms with Gasteiger partial charge in [-0.25, -0.2) is 10.6 Å². The largest absolute Gasteiger partial charge is 0.465 e. The molecule has 0 unspecified atom stereocenters. The van der Waals surface area contributed by atoms with Crippen LogP contribution in [-0.2, 0) is 9.59 Å². The van der Waals surface area contributed by atoms with Gasteiger partial charge in [0.2, 0.25) is 0 Å². The molecule has 0 aliphatic heterocycles. The van der Waals surface area contributed by atoms with Crippen molar-refractivity contribution in [2.24, 2.45) is 11.6 Å². The number of nitrogens with two attached hydrogens (primary N) is 2. The zero-order valence-electron chi connectivity index (χ0n) is 13.1. The maximum Gasteiger partial charge on any atom is 0.407 e. The van der Waals surface area contributed by atoms with E-state index in [0.29, 0.717) is 12.7 Å². The number of hydrogen-bond acceptors (Lipinski definition) is 5. The van der Waals surface area contributed by atoms with Crippen LogP contribution in [0, 0.1) is 0 Å². The number of hydrogen-bond donors (Lipinski definition) is 3. The lowest BCUT2D eigenvalue weighted by atomic mass is 10.0. The summed E-state index contributed by atoms with van der Waals surface area (Å²) in [6.45, 7) is 7.13. The fourth-order valence-corrected chi connectivity index (χ4v) is 1.77. The van der Waals surface area contributed by atoms with E-state index in [2.05, 4.69) is 0 Å². The zero-order valence-corrected chi connectivity index (χ0v) is 13.1. The van der Waals surface area contributed by atoms with Crippen molar-refractivity contribution < 1.29 is 19.5 Å². The monoisotopic (exact) mass is 302 g/mol. The molecular formula is C13H26N4O4. The summed E-state index contributed by atoms with van der Waals surface area (Å²) in [5.41, 5.74) is 5.21. The summed E-state index contributed by atoms with van der Waals surface area (Å²) >= 11 is 0. The van der Waals surface area contributed by atoms with Crippen molar-refractivity contribution in [1.82, 2.24) is 9.91 Å². The first-order valence-electron chi connectivity index (χ1n) is 6.81. The Morgan fingerprint density at radius 2 is 1.86 bits per heavy atom. The highest BCUT2D eigenvalue weighted by Gasteiger charge is 2.27. The van der Waals surface area contributed by atoms with Gasteiger partial charge in [0, 0.05) is 12.1 Å². The van der Waals surface area contributed by atoms with Crippen LogP contribution in [0.2, 0.25) is 0 Å². The first kappa shape index (κ1) is 19.3. The predicted molar refractivity (Wildman–Crippen MR) is 78.3 cm³/mol. The van der Waals surface area contributed by atoms with Crippen LogP contribution in [0.4, 0.5) is 4.79 Å². The molecule has 0 rings (SSSR count). The van der Waals surface area contributed by atoms with Gasteiger partial charge in [0.25, 0.3) is 5.91 Å². The van der Waals surface area contributed by atoms with Gasteiger partial charge in [0.05, 0.1) is 6.04 Å². The summed E-state index contributed by atoms with van der Waals surface area (Å²) in [5.74, 6) is 4.95. The topological polar surface area (TPSA) is 130 Å². The highest BCUT2D eigenvalue weighted by atomic mass is 16.4. The molecule has 122 valence electrons. The molecule has 0 spiro atoms. The summed E-state index contributed by atoms with van der Waals surface area (Å²) in [6, 6.07) is -1.60. The van der Waals surface area contributed by atoms with Crippen LogP contribution in [-0.4, -0.2) is 57.5 Å². The van der Waals surface area contributed by atoms with Crippen LogP contribution in [0.15, 0.2) is 0 Å². The van der Waals surface area contributed by atoms with Crippen LogP contribution in [0.1, 0.15) is 40.5 Å². The van der Waals surface area contributed by atoms with Crippen LogP contribution in [0.25, 0.3) is 0 Å². The molecule has 0 saturated carbocycles. The van der Waals surface area contributed by atoms with Crippen molar-refractivity contribution in [1.29, 1.82) is 0 Å². The van der Waals surface area contributed by atoms with Crippen LogP contribution >= 0.6 is 0 Å². The third-order valence-corrected chi connectivity index (χ3v) is 3.14. The lowest BCUT2D eigenvalue weighted by Gasteiger charge is -2.33. The van der Waals surface area contributed by atoms with Gasteiger partial charge in [0.1, 0.15) is 12.3 Å². The van der Waals surface area contributed by atoms with Crippen LogP contribution < -0.4 is 11.6 Å². The molecule has 0 aliphatic rings. The molecule has 2 atom stereocenters. The van der Waals surface area contributed by atoms with Gasteiger partial charge in [-0.15, -0.1) is 0 Å². The number of carbonyl (C=O) groups is 3. The van der Waals surface area contributed by atoms with Crippen LogP contribution in [0.5, 0.6) is 0 Å². The smallest absolute Gasteiger partial charge is 0.407 e. The maximum atomic E-state index is 11.8. The molecule has 0 aromatic heterocycles. The van der Waals surface area contributed by atoms with E-state index < -0.39 is 29.6 Å². The van der Waals surface area contributed by atoms with Crippen molar-refractivity contribution in [3.63, 3.8) is 0 Å². The quantitative estimate of drug-likeness (QED) is 0.266. The van der Waals surface area contributed by atoms with Gasteiger partial charge in [-0.3, -0.25) is 9.80 Å². The number of amides is 2. The highest BCUT2D eigenvalue weighted by Crippen LogP contribution is 2.14. The van der Waals surface area contributed by atoms with E-state index in [9.17, 15) is 14.4 Å². The second-order valence-electron chi connectivity index (χ2n) is 5.98. The lowest BCUT2D eigenvalue weighted by Crippen LogP contribution is -2.52. The molecule has 8 nitrogen and oxygen atoms in total. The fourth-order valence-electron chi connectivity index (χ4n) is 1.77. The molecule has 0 aromatic carbocycles. The van der Waals surface area contributed by atoms with Crippen molar-refractivity contribution >= 4 is 18.3 Å². The van der Waals surface area contributed by atoms with E-state index >= 15 is 0 Å². The molecule has 5 N–H and O–H groups in total. The number of aldehydes is 1. The maximum absolute atomic E-state index is 11.8. The summed E-state index contributed by atoms with van der Waals surface area (Å²) in [5, 5.41) is 9.94. The predicted octanol–water partition coefficient (Wildman–Crippen LogP) is 0.162. The van der Waals surface area contributed by atoms with E-state index in [1.165, 1.54) is 11.8 Å². The van der Waals surface area contributed by atoms with Gasteiger partial charge in [-0.05, 0) is 40.5 Å². The normalized spacial score (nSPS) is 14.2. The third kappa shape index (κ3) is 6.09. The Balaban J connectivity index is 4.43. The number of hydrazine groups is 1. The molecule has 0 saturated heterocycles. The summed E-state index contributed by atoms with van der Waals surface area (Å²) < 4.78 is 0. The first-order chi connectivity index (χ1) is 9.52. The number of nitrogens with zero attached hydrogens (tertiary/aromatic N) is 2. The van der Waals surface area contributed by atoms with E-state index in [1.807, 2.05) is 0 Å². The summed E-state index contributed by atoms with van der Waals surface area (Å²) in [6.07, 6.45) is 0.256. The average Bonchev–Trinajstić information content (AvgIpc) is 2.38. The van der Waals surface area contributed by atoms with E-state index in [1.54, 1.807) is 20.8 Å². The van der Waals surface area contributed by atoms with E-state index in [0.717, 1.165) is 5.01 Å². The SMILES string of the molecule is C[C@@H](C=O)N(N)C(=O)[C@@H](N)CCCN(C(=O)O)C(C)(C)C. The minimum atomic E-state index is -1.02. The molecule has 0 fully saturated rings. The molecule has 0 radical (unpaired) electrons. The molecule has 21 heavy (non-hydrogen) atoms. The minimum Gasteiger partial charge on any atom is -0.465 e. The van der Waals surface area contributed by atoms with Gasteiger partial charge < -0.3 is 20.5 Å². The van der Waals surface area contributed by atoms with Gasteiger partial charge >= 0.3 is 6.09 Å². The van der Waals surface area contributed by atoms with Crippen molar-refractivity contribution in [2.45, 2.75) is 58.2 Å². The summed E-state index contributed by atoms with van der Waals surface area (Å²) in [4.78, 5) is 34.9. The van der Waals surface area contributed by atoms with Gasteiger partial charge in [-0.2, -0.15) is 0 Å². The molecule has 8 heteroatoms. The molecule has 0 aromatic rings. The molecule has 2 amide bonds. The Morgan fingerprint density at radius 3 is 2.24 bits per heavy atom. The van der Waals surface area contributed by atoms with E-state index in [-0.39, 0.29) is 13.0 Å². The number of carboxylic acid groups (broad SMARTS) is 1. The third-order valence-electron chi connectivity index (χ3n) is 3.14. The Labute approximate surface area is 125 Å². The number of rotatable bonds is 7. The lowest BCUT2D eigenvalue weighted by molar-refractivity contribution is -0.137. The Hall–Kier alpha value is -1.67. The molecule has 0 bridgehead atoms. The van der Waals surface area contributed by atoms with Crippen molar-refractivity contribution in [3.05, 3.63) is 0 Å². The molecular weight excluding hydrogens is 276 g/mol. The number of carbonyl (C=O) groups excluding carboxylic acids is 2. The van der Waals surface area contributed by atoms with Gasteiger partial charge in [-0.1, -0.05) is 0 Å².